The van der Waals surface area contributed by atoms with E-state index in [0.717, 1.165) is 75.7 Å². The summed E-state index contributed by atoms with van der Waals surface area (Å²) in [6.45, 7) is 9.82. The van der Waals surface area contributed by atoms with Crippen LogP contribution < -0.4 is 34.5 Å². The predicted molar refractivity (Wildman–Crippen MR) is 261 cm³/mol. The zero-order valence-electron chi connectivity index (χ0n) is 38.3. The Morgan fingerprint density at radius 1 is 0.657 bits per heavy atom. The van der Waals surface area contributed by atoms with Crippen molar-refractivity contribution < 1.29 is 18.9 Å². The second kappa shape index (κ2) is 22.7. The highest BCUT2D eigenvalue weighted by atomic mass is 79.9. The number of benzene rings is 2. The molecule has 2 saturated carbocycles. The van der Waals surface area contributed by atoms with Gasteiger partial charge in [0.2, 0.25) is 16.5 Å². The lowest BCUT2D eigenvalue weighted by atomic mass is 9.82. The Bertz CT molecular complexity index is 2520. The molecule has 2 saturated heterocycles. The van der Waals surface area contributed by atoms with Crippen molar-refractivity contribution in [3.63, 3.8) is 0 Å². The van der Waals surface area contributed by atoms with Gasteiger partial charge in [0.25, 0.3) is 0 Å². The van der Waals surface area contributed by atoms with E-state index in [9.17, 15) is 0 Å². The molecule has 2 aromatic carbocycles. The lowest BCUT2D eigenvalue weighted by molar-refractivity contribution is 0.265. The molecule has 4 aromatic heterocycles. The minimum absolute atomic E-state index is 0.392. The van der Waals surface area contributed by atoms with E-state index in [0.29, 0.717) is 85.7 Å². The summed E-state index contributed by atoms with van der Waals surface area (Å²) in [6, 6.07) is 19.9. The Hall–Kier alpha value is -5.30. The number of hydrogen-bond acceptors (Lipinski definition) is 15. The predicted octanol–water partition coefficient (Wildman–Crippen LogP) is 9.19. The Balaban J connectivity index is 0.000000150. The maximum Gasteiger partial charge on any atom is 0.321 e. The second-order valence-corrected chi connectivity index (χ2v) is 19.0. The maximum absolute atomic E-state index is 6.20. The molecule has 4 atom stereocenters. The van der Waals surface area contributed by atoms with Gasteiger partial charge in [-0.1, -0.05) is 49.2 Å². The van der Waals surface area contributed by atoms with E-state index in [2.05, 4.69) is 70.1 Å². The van der Waals surface area contributed by atoms with Crippen molar-refractivity contribution in [1.29, 1.82) is 0 Å². The normalized spacial score (nSPS) is 21.5. The molecular weight excluding hydrogens is 961 g/mol. The summed E-state index contributed by atoms with van der Waals surface area (Å²) in [4.78, 5) is 13.7. The highest BCUT2D eigenvalue weighted by Crippen LogP contribution is 2.45. The van der Waals surface area contributed by atoms with Crippen LogP contribution in [0.15, 0.2) is 77.8 Å². The molecule has 6 heterocycles. The van der Waals surface area contributed by atoms with Crippen molar-refractivity contribution in [2.24, 2.45) is 35.3 Å². The summed E-state index contributed by atoms with van der Waals surface area (Å²) >= 11 is 15.2. The zero-order valence-corrected chi connectivity index (χ0v) is 41.4. The van der Waals surface area contributed by atoms with Gasteiger partial charge < -0.3 is 34.5 Å². The standard InChI is InChI=1S/C24H29ClN6O2.C12H18N4O.C11H11BrClN3O/c1-3-9-31-24(33-20-6-4-5-18(25)10-20)27-22(29-31)12-21-16-7-8-17(21)15-30(14-16)19-11-23(32-2)28-26-13-19;1-17-11-4-10(5-14-15-11)16-6-8-2-3-9(7-16)12(8)13;1-2-6-16-11(14-10(12)15-16)17-9-5-3-4-8(13)7-9/h4-6,10-11,13,16-17,21H,3,7-9,12,14-15H2,1-2H3;4-5,8-9,12H,2-3,6-7,13H2,1H3;3-5,7H,2,6H2,1H3. The average Bonchev–Trinajstić information content (AvgIpc) is 3.99. The molecule has 6 aromatic rings. The number of aromatic nitrogens is 10. The molecule has 0 spiro atoms. The summed E-state index contributed by atoms with van der Waals surface area (Å²) < 4.78 is 26.2. The minimum Gasteiger partial charge on any atom is -0.480 e. The topological polar surface area (TPSA) is 182 Å². The van der Waals surface area contributed by atoms with Crippen LogP contribution >= 0.6 is 39.1 Å². The average molecular weight is 1020 g/mol. The van der Waals surface area contributed by atoms with Crippen LogP contribution in [0.2, 0.25) is 10.0 Å². The van der Waals surface area contributed by atoms with Crippen LogP contribution in [0, 0.1) is 29.6 Å². The molecular formula is C47H58BrCl2N13O4. The smallest absolute Gasteiger partial charge is 0.321 e. The Labute approximate surface area is 409 Å². The summed E-state index contributed by atoms with van der Waals surface area (Å²) in [5.41, 5.74) is 8.38. The van der Waals surface area contributed by atoms with E-state index in [1.807, 2.05) is 53.3 Å². The van der Waals surface area contributed by atoms with E-state index >= 15 is 0 Å². The van der Waals surface area contributed by atoms with Crippen LogP contribution in [0.3, 0.4) is 0 Å². The lowest BCUT2D eigenvalue weighted by Crippen LogP contribution is -2.48. The number of piperidine rings is 2. The molecule has 2 aliphatic carbocycles. The number of fused-ring (bicyclic) bond motifs is 4. The number of methoxy groups -OCH3 is 2. The molecule has 4 fully saturated rings. The Morgan fingerprint density at radius 3 is 1.63 bits per heavy atom. The van der Waals surface area contributed by atoms with Crippen LogP contribution in [0.4, 0.5) is 11.4 Å². The number of halogens is 3. The number of anilines is 2. The fraction of sp³-hybridized carbons (Fsp3) is 0.489. The second-order valence-electron chi connectivity index (χ2n) is 17.4. The highest BCUT2D eigenvalue weighted by Gasteiger charge is 2.43. The summed E-state index contributed by atoms with van der Waals surface area (Å²) in [5.74, 6) is 6.38. The van der Waals surface area contributed by atoms with E-state index in [1.165, 1.54) is 25.7 Å². The van der Waals surface area contributed by atoms with Crippen molar-refractivity contribution in [2.75, 3.05) is 50.2 Å². The fourth-order valence-corrected chi connectivity index (χ4v) is 10.4. The van der Waals surface area contributed by atoms with Gasteiger partial charge in [-0.3, -0.25) is 0 Å². The largest absolute Gasteiger partial charge is 0.480 e. The molecule has 2 aliphatic heterocycles. The van der Waals surface area contributed by atoms with Gasteiger partial charge in [0.1, 0.15) is 11.5 Å². The first-order chi connectivity index (χ1) is 32.6. The van der Waals surface area contributed by atoms with Gasteiger partial charge in [0.05, 0.1) is 38.0 Å². The number of nitrogens with zero attached hydrogens (tertiary/aromatic N) is 12. The first-order valence-electron chi connectivity index (χ1n) is 23.0. The SMILES string of the molecule is CCCn1nc(Br)nc1Oc1cccc(Cl)c1.CCCn1nc(CC2C3CCC2CN(c2cnnc(OC)c2)C3)nc1Oc1cccc(Cl)c1.COc1cc(N2CC3CCC(C2)C3N)cnn1. The van der Waals surface area contributed by atoms with Crippen molar-refractivity contribution in [1.82, 2.24) is 49.9 Å². The van der Waals surface area contributed by atoms with Crippen molar-refractivity contribution in [3.8, 4) is 35.3 Å². The van der Waals surface area contributed by atoms with Crippen molar-refractivity contribution in [2.45, 2.75) is 77.9 Å². The molecule has 4 bridgehead atoms. The third-order valence-electron chi connectivity index (χ3n) is 12.9. The highest BCUT2D eigenvalue weighted by molar-refractivity contribution is 9.10. The summed E-state index contributed by atoms with van der Waals surface area (Å²) in [5, 5.41) is 26.2. The van der Waals surface area contributed by atoms with Crippen molar-refractivity contribution >= 4 is 50.5 Å². The van der Waals surface area contributed by atoms with Gasteiger partial charge in [0, 0.05) is 73.9 Å². The van der Waals surface area contributed by atoms with Crippen LogP contribution in [0.25, 0.3) is 0 Å². The number of aryl methyl sites for hydroxylation is 2. The van der Waals surface area contributed by atoms with Gasteiger partial charge in [-0.25, -0.2) is 9.36 Å². The Morgan fingerprint density at radius 2 is 1.13 bits per heavy atom. The van der Waals surface area contributed by atoms with E-state index in [4.69, 9.17) is 58.0 Å². The molecule has 0 radical (unpaired) electrons. The third kappa shape index (κ3) is 12.2. The quantitative estimate of drug-likeness (QED) is 0.109. The number of rotatable bonds is 14. The molecule has 10 rings (SSSR count). The molecule has 4 aliphatic rings. The minimum atomic E-state index is 0.392. The van der Waals surface area contributed by atoms with E-state index < -0.39 is 0 Å². The first-order valence-corrected chi connectivity index (χ1v) is 24.5. The van der Waals surface area contributed by atoms with Gasteiger partial charge in [-0.15, -0.1) is 15.3 Å². The number of hydrogen-bond donors (Lipinski definition) is 1. The van der Waals surface area contributed by atoms with Gasteiger partial charge in [-0.2, -0.15) is 25.3 Å². The third-order valence-corrected chi connectivity index (χ3v) is 13.7. The van der Waals surface area contributed by atoms with E-state index in [1.54, 1.807) is 43.3 Å². The Kier molecular flexibility index (Phi) is 16.3. The molecule has 4 unspecified atom stereocenters. The van der Waals surface area contributed by atoms with Crippen LogP contribution in [0.5, 0.6) is 35.3 Å². The van der Waals surface area contributed by atoms with Crippen LogP contribution in [-0.2, 0) is 19.5 Å². The first kappa shape index (κ1) is 48.2. The van der Waals surface area contributed by atoms with Gasteiger partial charge in [-0.05, 0) is 120 Å². The monoisotopic (exact) mass is 1020 g/mol. The molecule has 20 heteroatoms. The molecule has 356 valence electrons. The van der Waals surface area contributed by atoms with Gasteiger partial charge in [0.15, 0.2) is 5.82 Å². The van der Waals surface area contributed by atoms with Gasteiger partial charge >= 0.3 is 12.0 Å². The number of nitrogens with two attached hydrogens (primary N) is 1. The van der Waals surface area contributed by atoms with Crippen LogP contribution in [0.1, 0.15) is 58.2 Å². The molecule has 2 N–H and O–H groups in total. The molecule has 0 amide bonds. The number of ether oxygens (including phenoxy) is 4. The fourth-order valence-electron chi connectivity index (χ4n) is 9.68. The summed E-state index contributed by atoms with van der Waals surface area (Å²) in [6.07, 6.45) is 11.4. The van der Waals surface area contributed by atoms with Crippen molar-refractivity contribution in [3.05, 3.63) is 93.7 Å². The zero-order chi connectivity index (χ0) is 46.9. The lowest BCUT2D eigenvalue weighted by Gasteiger charge is -2.38. The molecule has 17 nitrogen and oxygen atoms in total. The molecule has 67 heavy (non-hydrogen) atoms. The maximum atomic E-state index is 6.20. The van der Waals surface area contributed by atoms with E-state index in [-0.39, 0.29) is 0 Å². The van der Waals surface area contributed by atoms with Crippen LogP contribution in [-0.4, -0.2) is 96.4 Å². The summed E-state index contributed by atoms with van der Waals surface area (Å²) in [7, 11) is 3.24.